The lowest BCUT2D eigenvalue weighted by Gasteiger charge is -2.14. The lowest BCUT2D eigenvalue weighted by atomic mass is 10.1. The molecule has 1 unspecified atom stereocenters. The minimum Gasteiger partial charge on any atom is -0.479 e. The molecule has 0 spiro atoms. The van der Waals surface area contributed by atoms with E-state index in [0.29, 0.717) is 12.3 Å². The van der Waals surface area contributed by atoms with Gasteiger partial charge in [0.05, 0.1) is 0 Å². The van der Waals surface area contributed by atoms with Crippen LogP contribution in [0.4, 0.5) is 0 Å². The van der Waals surface area contributed by atoms with Crippen LogP contribution in [0, 0.1) is 6.92 Å². The fraction of sp³-hybridized carbons (Fsp3) is 0.417. The predicted octanol–water partition coefficient (Wildman–Crippen LogP) is 1.57. The summed E-state index contributed by atoms with van der Waals surface area (Å²) in [5.41, 5.74) is 2.09. The second-order valence-electron chi connectivity index (χ2n) is 3.74. The highest BCUT2D eigenvalue weighted by atomic mass is 16.5. The maximum Gasteiger partial charge on any atom is 0.344 e. The average Bonchev–Trinajstić information content (AvgIpc) is 2.22. The Morgan fingerprint density at radius 3 is 2.81 bits per heavy atom. The highest BCUT2D eigenvalue weighted by Crippen LogP contribution is 2.21. The number of hydrogen-bond donors (Lipinski definition) is 2. The van der Waals surface area contributed by atoms with Crippen LogP contribution in [0.5, 0.6) is 5.75 Å². The first-order valence-corrected chi connectivity index (χ1v) is 5.18. The molecule has 1 aromatic rings. The average molecular weight is 223 g/mol. The van der Waals surface area contributed by atoms with Gasteiger partial charge in [0.2, 0.25) is 0 Å². The number of ether oxygens (including phenoxy) is 1. The van der Waals surface area contributed by atoms with Crippen LogP contribution < -0.4 is 10.1 Å². The number of rotatable bonds is 5. The van der Waals surface area contributed by atoms with Crippen LogP contribution in [0.1, 0.15) is 18.1 Å². The monoisotopic (exact) mass is 223 g/mol. The lowest BCUT2D eigenvalue weighted by molar-refractivity contribution is -0.144. The minimum absolute atomic E-state index is 0.620. The van der Waals surface area contributed by atoms with E-state index in [0.717, 1.165) is 11.1 Å². The van der Waals surface area contributed by atoms with Gasteiger partial charge >= 0.3 is 5.97 Å². The largest absolute Gasteiger partial charge is 0.479 e. The van der Waals surface area contributed by atoms with Crippen molar-refractivity contribution < 1.29 is 14.6 Å². The van der Waals surface area contributed by atoms with E-state index in [1.165, 1.54) is 6.92 Å². The number of carboxylic acids is 1. The summed E-state index contributed by atoms with van der Waals surface area (Å²) < 4.78 is 5.37. The van der Waals surface area contributed by atoms with Gasteiger partial charge in [0.25, 0.3) is 0 Å². The SMILES string of the molecule is CNCc1cc(C)ccc1OC(C)C(=O)O. The van der Waals surface area contributed by atoms with Gasteiger partial charge in [0.15, 0.2) is 6.10 Å². The number of aryl methyl sites for hydroxylation is 1. The van der Waals surface area contributed by atoms with E-state index in [1.807, 2.05) is 26.1 Å². The van der Waals surface area contributed by atoms with Gasteiger partial charge in [-0.25, -0.2) is 4.79 Å². The molecule has 4 heteroatoms. The van der Waals surface area contributed by atoms with Crippen molar-refractivity contribution in [2.24, 2.45) is 0 Å². The van der Waals surface area contributed by atoms with Crippen molar-refractivity contribution in [3.8, 4) is 5.75 Å². The van der Waals surface area contributed by atoms with Crippen molar-refractivity contribution in [3.63, 3.8) is 0 Å². The Labute approximate surface area is 95.2 Å². The van der Waals surface area contributed by atoms with Gasteiger partial charge in [0, 0.05) is 12.1 Å². The molecule has 0 saturated heterocycles. The standard InChI is InChI=1S/C12H17NO3/c1-8-4-5-11(10(6-8)7-13-3)16-9(2)12(14)15/h4-6,9,13H,7H2,1-3H3,(H,14,15). The van der Waals surface area contributed by atoms with E-state index < -0.39 is 12.1 Å². The molecule has 0 heterocycles. The first-order chi connectivity index (χ1) is 7.54. The van der Waals surface area contributed by atoms with E-state index in [-0.39, 0.29) is 0 Å². The molecule has 1 rings (SSSR count). The summed E-state index contributed by atoms with van der Waals surface area (Å²) >= 11 is 0. The van der Waals surface area contributed by atoms with Gasteiger partial charge in [-0.1, -0.05) is 17.7 Å². The Hall–Kier alpha value is -1.55. The Bertz CT molecular complexity index is 377. The molecule has 0 aliphatic heterocycles. The molecule has 0 aromatic heterocycles. The molecule has 0 bridgehead atoms. The molecular weight excluding hydrogens is 206 g/mol. The lowest BCUT2D eigenvalue weighted by Crippen LogP contribution is -2.23. The Kier molecular flexibility index (Phi) is 4.31. The van der Waals surface area contributed by atoms with Crippen molar-refractivity contribution in [1.82, 2.24) is 5.32 Å². The van der Waals surface area contributed by atoms with Crippen molar-refractivity contribution in [2.45, 2.75) is 26.5 Å². The molecule has 1 aromatic carbocycles. The first-order valence-electron chi connectivity index (χ1n) is 5.18. The van der Waals surface area contributed by atoms with Gasteiger partial charge < -0.3 is 15.2 Å². The summed E-state index contributed by atoms with van der Waals surface area (Å²) in [5, 5.41) is 11.8. The smallest absolute Gasteiger partial charge is 0.344 e. The number of carboxylic acid groups (broad SMARTS) is 1. The number of hydrogen-bond acceptors (Lipinski definition) is 3. The molecule has 0 aliphatic rings. The number of carbonyl (C=O) groups is 1. The summed E-state index contributed by atoms with van der Waals surface area (Å²) in [6.45, 7) is 4.16. The molecule has 2 N–H and O–H groups in total. The van der Waals surface area contributed by atoms with Crippen LogP contribution in [0.15, 0.2) is 18.2 Å². The second kappa shape index (κ2) is 5.51. The first kappa shape index (κ1) is 12.5. The van der Waals surface area contributed by atoms with E-state index in [1.54, 1.807) is 6.07 Å². The molecule has 0 fully saturated rings. The van der Waals surface area contributed by atoms with Crippen molar-refractivity contribution >= 4 is 5.97 Å². The van der Waals surface area contributed by atoms with Gasteiger partial charge in [-0.15, -0.1) is 0 Å². The van der Waals surface area contributed by atoms with Crippen LogP contribution >= 0.6 is 0 Å². The molecule has 1 atom stereocenters. The molecule has 88 valence electrons. The van der Waals surface area contributed by atoms with Crippen LogP contribution in [-0.2, 0) is 11.3 Å². The molecule has 0 aliphatic carbocycles. The fourth-order valence-corrected chi connectivity index (χ4v) is 1.39. The number of aliphatic carboxylic acids is 1. The highest BCUT2D eigenvalue weighted by Gasteiger charge is 2.14. The number of nitrogens with one attached hydrogen (secondary N) is 1. The topological polar surface area (TPSA) is 58.6 Å². The van der Waals surface area contributed by atoms with Gasteiger partial charge in [-0.2, -0.15) is 0 Å². The van der Waals surface area contributed by atoms with Gasteiger partial charge in [0.1, 0.15) is 5.75 Å². The van der Waals surface area contributed by atoms with E-state index in [9.17, 15) is 4.79 Å². The van der Waals surface area contributed by atoms with Crippen LogP contribution in [0.25, 0.3) is 0 Å². The predicted molar refractivity (Wildman–Crippen MR) is 61.7 cm³/mol. The molecule has 0 saturated carbocycles. The summed E-state index contributed by atoms with van der Waals surface area (Å²) in [6.07, 6.45) is -0.835. The minimum atomic E-state index is -0.962. The third kappa shape index (κ3) is 3.24. The molecule has 16 heavy (non-hydrogen) atoms. The third-order valence-corrected chi connectivity index (χ3v) is 2.23. The van der Waals surface area contributed by atoms with Crippen LogP contribution in [0.2, 0.25) is 0 Å². The fourth-order valence-electron chi connectivity index (χ4n) is 1.39. The highest BCUT2D eigenvalue weighted by molar-refractivity contribution is 5.72. The normalized spacial score (nSPS) is 12.2. The van der Waals surface area contributed by atoms with Crippen molar-refractivity contribution in [3.05, 3.63) is 29.3 Å². The Morgan fingerprint density at radius 1 is 1.56 bits per heavy atom. The Balaban J connectivity index is 2.89. The van der Waals surface area contributed by atoms with Gasteiger partial charge in [-0.05, 0) is 27.0 Å². The quantitative estimate of drug-likeness (QED) is 0.795. The van der Waals surface area contributed by atoms with E-state index in [2.05, 4.69) is 5.32 Å². The molecule has 4 nitrogen and oxygen atoms in total. The van der Waals surface area contributed by atoms with Crippen LogP contribution in [0.3, 0.4) is 0 Å². The second-order valence-corrected chi connectivity index (χ2v) is 3.74. The van der Waals surface area contributed by atoms with Crippen LogP contribution in [-0.4, -0.2) is 24.2 Å². The van der Waals surface area contributed by atoms with E-state index >= 15 is 0 Å². The summed E-state index contributed by atoms with van der Waals surface area (Å²) in [4.78, 5) is 10.7. The maximum atomic E-state index is 10.7. The molecular formula is C12H17NO3. The zero-order chi connectivity index (χ0) is 12.1. The van der Waals surface area contributed by atoms with Gasteiger partial charge in [-0.3, -0.25) is 0 Å². The molecule has 0 amide bonds. The third-order valence-electron chi connectivity index (χ3n) is 2.23. The Morgan fingerprint density at radius 2 is 2.25 bits per heavy atom. The molecule has 0 radical (unpaired) electrons. The number of benzene rings is 1. The van der Waals surface area contributed by atoms with Crippen molar-refractivity contribution in [2.75, 3.05) is 7.05 Å². The van der Waals surface area contributed by atoms with Crippen molar-refractivity contribution in [1.29, 1.82) is 0 Å². The summed E-state index contributed by atoms with van der Waals surface area (Å²) in [5.74, 6) is -0.342. The zero-order valence-electron chi connectivity index (χ0n) is 9.78. The summed E-state index contributed by atoms with van der Waals surface area (Å²) in [6, 6.07) is 5.70. The zero-order valence-corrected chi connectivity index (χ0v) is 9.78. The maximum absolute atomic E-state index is 10.7. The summed E-state index contributed by atoms with van der Waals surface area (Å²) in [7, 11) is 1.84. The van der Waals surface area contributed by atoms with E-state index in [4.69, 9.17) is 9.84 Å².